The Morgan fingerprint density at radius 2 is 2.15 bits per heavy atom. The second-order valence-corrected chi connectivity index (χ2v) is 3.70. The number of rotatable bonds is 2. The molecular weight excluding hydrogens is 235 g/mol. The van der Waals surface area contributed by atoms with E-state index >= 15 is 0 Å². The summed E-state index contributed by atoms with van der Waals surface area (Å²) in [6, 6.07) is 2.94. The summed E-state index contributed by atoms with van der Waals surface area (Å²) in [4.78, 5) is 11.2. The van der Waals surface area contributed by atoms with Crippen molar-refractivity contribution in [1.29, 1.82) is 0 Å². The van der Waals surface area contributed by atoms with Crippen molar-refractivity contribution in [2.45, 2.75) is 20.3 Å². The molecule has 1 rings (SSSR count). The van der Waals surface area contributed by atoms with Gasteiger partial charge >= 0.3 is 0 Å². The Hall–Kier alpha value is -0.700. The van der Waals surface area contributed by atoms with E-state index < -0.39 is 0 Å². The molecule has 0 saturated heterocycles. The van der Waals surface area contributed by atoms with Gasteiger partial charge in [0.15, 0.2) is 5.78 Å². The van der Waals surface area contributed by atoms with E-state index in [1.54, 1.807) is 19.9 Å². The van der Waals surface area contributed by atoms with Crippen molar-refractivity contribution < 1.29 is 9.18 Å². The van der Waals surface area contributed by atoms with Crippen molar-refractivity contribution in [1.82, 2.24) is 0 Å². The molecule has 0 heterocycles. The largest absolute Gasteiger partial charge is 0.294 e. The number of hydrogen-bond acceptors (Lipinski definition) is 1. The first-order valence-electron chi connectivity index (χ1n) is 4.05. The Morgan fingerprint density at radius 1 is 1.54 bits per heavy atom. The first-order chi connectivity index (χ1) is 6.06. The van der Waals surface area contributed by atoms with E-state index in [1.165, 1.54) is 6.07 Å². The molecule has 0 N–H and O–H groups in total. The first-order valence-corrected chi connectivity index (χ1v) is 4.84. The van der Waals surface area contributed by atoms with E-state index in [2.05, 4.69) is 15.9 Å². The second-order valence-electron chi connectivity index (χ2n) is 2.84. The van der Waals surface area contributed by atoms with Crippen LogP contribution in [0, 0.1) is 12.7 Å². The number of Topliss-reactive ketones (excluding diaryl/α,β-unsaturated/α-hetero) is 1. The number of ketones is 1. The summed E-state index contributed by atoms with van der Waals surface area (Å²) < 4.78 is 13.8. The van der Waals surface area contributed by atoms with Gasteiger partial charge in [0, 0.05) is 16.5 Å². The maximum absolute atomic E-state index is 13.2. The van der Waals surface area contributed by atoms with Crippen LogP contribution in [0.15, 0.2) is 16.6 Å². The van der Waals surface area contributed by atoms with Crippen LogP contribution in [-0.4, -0.2) is 5.78 Å². The lowest BCUT2D eigenvalue weighted by Gasteiger charge is -2.03. The van der Waals surface area contributed by atoms with Crippen LogP contribution in [0.3, 0.4) is 0 Å². The van der Waals surface area contributed by atoms with Gasteiger partial charge < -0.3 is 0 Å². The molecule has 0 aliphatic rings. The number of carbonyl (C=O) groups excluding carboxylic acids is 1. The lowest BCUT2D eigenvalue weighted by Crippen LogP contribution is -1.98. The Balaban J connectivity index is 3.20. The summed E-state index contributed by atoms with van der Waals surface area (Å²) in [5.41, 5.74) is 0.963. The molecule has 0 amide bonds. The molecule has 0 aromatic heterocycles. The predicted molar refractivity (Wildman–Crippen MR) is 53.5 cm³/mol. The molecule has 1 aromatic carbocycles. The SMILES string of the molecule is CCC(=O)c1cc(F)c(C)c(Br)c1. The molecule has 0 unspecified atom stereocenters. The van der Waals surface area contributed by atoms with Crippen LogP contribution >= 0.6 is 15.9 Å². The van der Waals surface area contributed by atoms with Crippen molar-refractivity contribution in [2.24, 2.45) is 0 Å². The van der Waals surface area contributed by atoms with Gasteiger partial charge in [-0.15, -0.1) is 0 Å². The van der Waals surface area contributed by atoms with Gasteiger partial charge in [0.2, 0.25) is 0 Å². The van der Waals surface area contributed by atoms with Gasteiger partial charge in [0.25, 0.3) is 0 Å². The standard InChI is InChI=1S/C10H10BrFO/c1-3-10(13)7-4-8(11)6(2)9(12)5-7/h4-5H,3H2,1-2H3. The smallest absolute Gasteiger partial charge is 0.162 e. The van der Waals surface area contributed by atoms with Crippen molar-refractivity contribution in [2.75, 3.05) is 0 Å². The Kier molecular flexibility index (Phi) is 3.20. The minimum absolute atomic E-state index is 0.0420. The van der Waals surface area contributed by atoms with Crippen molar-refractivity contribution in [3.8, 4) is 0 Å². The second kappa shape index (κ2) is 4.01. The molecule has 0 aliphatic carbocycles. The van der Waals surface area contributed by atoms with Crippen molar-refractivity contribution in [3.63, 3.8) is 0 Å². The summed E-state index contributed by atoms with van der Waals surface area (Å²) in [6.45, 7) is 3.42. The highest BCUT2D eigenvalue weighted by Gasteiger charge is 2.09. The molecule has 1 nitrogen and oxygen atoms in total. The Labute approximate surface area is 85.1 Å². The van der Waals surface area contributed by atoms with E-state index in [1.807, 2.05) is 0 Å². The molecule has 3 heteroatoms. The van der Waals surface area contributed by atoms with Gasteiger partial charge in [-0.3, -0.25) is 4.79 Å². The molecule has 0 atom stereocenters. The Bertz CT molecular complexity index is 324. The van der Waals surface area contributed by atoms with Crippen LogP contribution in [0.4, 0.5) is 4.39 Å². The van der Waals surface area contributed by atoms with Crippen LogP contribution < -0.4 is 0 Å². The van der Waals surface area contributed by atoms with Crippen LogP contribution in [0.2, 0.25) is 0 Å². The first kappa shape index (κ1) is 10.4. The van der Waals surface area contributed by atoms with Gasteiger partial charge in [-0.05, 0) is 24.6 Å². The molecule has 13 heavy (non-hydrogen) atoms. The minimum atomic E-state index is -0.342. The lowest BCUT2D eigenvalue weighted by molar-refractivity contribution is 0.0987. The summed E-state index contributed by atoms with van der Waals surface area (Å²) in [5, 5.41) is 0. The van der Waals surface area contributed by atoms with E-state index in [0.29, 0.717) is 22.0 Å². The fraction of sp³-hybridized carbons (Fsp3) is 0.300. The van der Waals surface area contributed by atoms with E-state index in [4.69, 9.17) is 0 Å². The third-order valence-electron chi connectivity index (χ3n) is 1.92. The quantitative estimate of drug-likeness (QED) is 0.729. The van der Waals surface area contributed by atoms with E-state index in [0.717, 1.165) is 0 Å². The average molecular weight is 245 g/mol. The summed E-state index contributed by atoms with van der Waals surface area (Å²) in [7, 11) is 0. The highest BCUT2D eigenvalue weighted by atomic mass is 79.9. The van der Waals surface area contributed by atoms with Crippen LogP contribution in [-0.2, 0) is 0 Å². The average Bonchev–Trinajstić information content (AvgIpc) is 2.12. The van der Waals surface area contributed by atoms with E-state index in [-0.39, 0.29) is 11.6 Å². The summed E-state index contributed by atoms with van der Waals surface area (Å²) in [6.07, 6.45) is 0.398. The lowest BCUT2D eigenvalue weighted by atomic mass is 10.1. The molecule has 1 aromatic rings. The van der Waals surface area contributed by atoms with Gasteiger partial charge in [-0.1, -0.05) is 22.9 Å². The van der Waals surface area contributed by atoms with Crippen LogP contribution in [0.5, 0.6) is 0 Å². The van der Waals surface area contributed by atoms with Crippen molar-refractivity contribution >= 4 is 21.7 Å². The zero-order valence-electron chi connectivity index (χ0n) is 7.53. The van der Waals surface area contributed by atoms with E-state index in [9.17, 15) is 9.18 Å². The number of benzene rings is 1. The molecule has 0 radical (unpaired) electrons. The zero-order valence-corrected chi connectivity index (χ0v) is 9.11. The molecule has 0 spiro atoms. The van der Waals surface area contributed by atoms with Gasteiger partial charge in [-0.2, -0.15) is 0 Å². The predicted octanol–water partition coefficient (Wildman–Crippen LogP) is 3.49. The monoisotopic (exact) mass is 244 g/mol. The van der Waals surface area contributed by atoms with Gasteiger partial charge in [0.05, 0.1) is 0 Å². The summed E-state index contributed by atoms with van der Waals surface area (Å²) in [5.74, 6) is -0.384. The zero-order chi connectivity index (χ0) is 10.0. The molecule has 0 aliphatic heterocycles. The highest BCUT2D eigenvalue weighted by molar-refractivity contribution is 9.10. The number of halogens is 2. The van der Waals surface area contributed by atoms with Crippen molar-refractivity contribution in [3.05, 3.63) is 33.5 Å². The third-order valence-corrected chi connectivity index (χ3v) is 2.75. The molecule has 70 valence electrons. The topological polar surface area (TPSA) is 17.1 Å². The molecule has 0 fully saturated rings. The van der Waals surface area contributed by atoms with Gasteiger partial charge in [0.1, 0.15) is 5.82 Å². The summed E-state index contributed by atoms with van der Waals surface area (Å²) >= 11 is 3.20. The van der Waals surface area contributed by atoms with Crippen LogP contribution in [0.1, 0.15) is 29.3 Å². The highest BCUT2D eigenvalue weighted by Crippen LogP contribution is 2.21. The normalized spacial score (nSPS) is 10.2. The fourth-order valence-corrected chi connectivity index (χ4v) is 1.45. The Morgan fingerprint density at radius 3 is 2.62 bits per heavy atom. The number of hydrogen-bond donors (Lipinski definition) is 0. The minimum Gasteiger partial charge on any atom is -0.294 e. The number of carbonyl (C=O) groups is 1. The third kappa shape index (κ3) is 2.15. The van der Waals surface area contributed by atoms with Crippen LogP contribution in [0.25, 0.3) is 0 Å². The maximum atomic E-state index is 13.2. The maximum Gasteiger partial charge on any atom is 0.162 e. The molecule has 0 bridgehead atoms. The molecular formula is C10H10BrFO. The van der Waals surface area contributed by atoms with Gasteiger partial charge in [-0.25, -0.2) is 4.39 Å². The molecule has 0 saturated carbocycles. The fourth-order valence-electron chi connectivity index (χ4n) is 1.01.